The van der Waals surface area contributed by atoms with Crippen LogP contribution in [0, 0.1) is 0 Å². The van der Waals surface area contributed by atoms with Crippen molar-refractivity contribution < 1.29 is 14.3 Å². The summed E-state index contributed by atoms with van der Waals surface area (Å²) in [5.74, 6) is 0.518. The summed E-state index contributed by atoms with van der Waals surface area (Å²) in [4.78, 5) is 38.0. The van der Waals surface area contributed by atoms with Crippen LogP contribution in [0.1, 0.15) is 24.9 Å². The maximum absolute atomic E-state index is 13.8. The van der Waals surface area contributed by atoms with Gasteiger partial charge in [-0.2, -0.15) is 0 Å². The molecule has 0 bridgehead atoms. The Labute approximate surface area is 232 Å². The van der Waals surface area contributed by atoms with Gasteiger partial charge < -0.3 is 24.8 Å². The fraction of sp³-hybridized carbons (Fsp3) is 0.321. The molecular formula is C28H30ClN5O3S. The number of rotatable bonds is 6. The molecule has 2 aromatic carbocycles. The van der Waals surface area contributed by atoms with Crippen molar-refractivity contribution >= 4 is 46.0 Å². The molecule has 5 rings (SSSR count). The largest absolute Gasteiger partial charge is 0.497 e. The Morgan fingerprint density at radius 1 is 1.13 bits per heavy atom. The van der Waals surface area contributed by atoms with E-state index in [1.807, 2.05) is 46.4 Å². The Morgan fingerprint density at radius 2 is 1.87 bits per heavy atom. The minimum Gasteiger partial charge on any atom is -0.497 e. The normalized spacial score (nSPS) is 19.6. The Hall–Kier alpha value is -3.27. The highest BCUT2D eigenvalue weighted by Gasteiger charge is 2.41. The molecule has 2 amide bonds. The summed E-state index contributed by atoms with van der Waals surface area (Å²) in [6.45, 7) is 4.99. The van der Waals surface area contributed by atoms with Crippen molar-refractivity contribution in [2.24, 2.45) is 4.99 Å². The van der Waals surface area contributed by atoms with Crippen LogP contribution < -0.4 is 10.1 Å². The van der Waals surface area contributed by atoms with Crippen molar-refractivity contribution in [1.82, 2.24) is 14.7 Å². The van der Waals surface area contributed by atoms with Crippen LogP contribution in [0.25, 0.3) is 0 Å². The van der Waals surface area contributed by atoms with Crippen LogP contribution in [0.2, 0.25) is 5.02 Å². The van der Waals surface area contributed by atoms with E-state index in [2.05, 4.69) is 17.3 Å². The molecule has 1 atom stereocenters. The third-order valence-corrected chi connectivity index (χ3v) is 8.07. The number of carbonyl (C=O) groups excluding carboxylic acids is 2. The molecule has 3 heterocycles. The highest BCUT2D eigenvalue weighted by Crippen LogP contribution is 2.45. The molecule has 8 nitrogen and oxygen atoms in total. The molecule has 0 aromatic heterocycles. The number of amides is 2. The van der Waals surface area contributed by atoms with Gasteiger partial charge in [0.05, 0.1) is 30.8 Å². The van der Waals surface area contributed by atoms with E-state index in [0.717, 1.165) is 29.5 Å². The van der Waals surface area contributed by atoms with Crippen molar-refractivity contribution in [3.63, 3.8) is 0 Å². The number of hydrogen-bond acceptors (Lipinski definition) is 7. The monoisotopic (exact) mass is 551 g/mol. The molecule has 0 radical (unpaired) electrons. The molecule has 3 aliphatic heterocycles. The third-order valence-electron chi connectivity index (χ3n) is 6.95. The molecule has 3 aliphatic rings. The molecule has 10 heteroatoms. The van der Waals surface area contributed by atoms with Crippen LogP contribution in [-0.2, 0) is 9.59 Å². The summed E-state index contributed by atoms with van der Waals surface area (Å²) >= 11 is 7.88. The molecule has 1 fully saturated rings. The number of piperazine rings is 1. The summed E-state index contributed by atoms with van der Waals surface area (Å²) in [6, 6.07) is 14.2. The Morgan fingerprint density at radius 3 is 2.55 bits per heavy atom. The smallest absolute Gasteiger partial charge is 0.255 e. The molecule has 38 heavy (non-hydrogen) atoms. The molecule has 1 saturated heterocycles. The number of amidine groups is 1. The van der Waals surface area contributed by atoms with E-state index < -0.39 is 6.04 Å². The van der Waals surface area contributed by atoms with Crippen LogP contribution in [-0.4, -0.2) is 72.0 Å². The fourth-order valence-electron chi connectivity index (χ4n) is 4.85. The Balaban J connectivity index is 1.46. The van der Waals surface area contributed by atoms with Gasteiger partial charge in [0.25, 0.3) is 5.91 Å². The number of thioether (sulfide) groups is 1. The molecule has 0 spiro atoms. The third kappa shape index (κ3) is 5.45. The maximum atomic E-state index is 13.8. The van der Waals surface area contributed by atoms with Crippen molar-refractivity contribution in [3.8, 4) is 5.75 Å². The van der Waals surface area contributed by atoms with E-state index in [0.29, 0.717) is 40.8 Å². The number of ether oxygens (including phenoxy) is 1. The number of anilines is 1. The number of likely N-dealkylation sites (N-methyl/N-ethyl adjacent to an activating group) is 1. The zero-order valence-corrected chi connectivity index (χ0v) is 23.2. The minimum absolute atomic E-state index is 0.0755. The van der Waals surface area contributed by atoms with Crippen LogP contribution in [0.3, 0.4) is 0 Å². The summed E-state index contributed by atoms with van der Waals surface area (Å²) in [5.41, 5.74) is 3.45. The topological polar surface area (TPSA) is 77.5 Å². The van der Waals surface area contributed by atoms with Gasteiger partial charge in [0, 0.05) is 42.6 Å². The van der Waals surface area contributed by atoms with Gasteiger partial charge in [-0.15, -0.1) is 0 Å². The van der Waals surface area contributed by atoms with Gasteiger partial charge in [-0.3, -0.25) is 9.59 Å². The zero-order chi connectivity index (χ0) is 26.8. The first-order valence-electron chi connectivity index (χ1n) is 12.5. The van der Waals surface area contributed by atoms with Gasteiger partial charge in [-0.25, -0.2) is 4.99 Å². The first-order chi connectivity index (χ1) is 18.3. The number of aliphatic imine (C=N–C) groups is 1. The van der Waals surface area contributed by atoms with E-state index in [-0.39, 0.29) is 18.2 Å². The lowest BCUT2D eigenvalue weighted by Crippen LogP contribution is -2.47. The Bertz CT molecular complexity index is 1330. The predicted octanol–water partition coefficient (Wildman–Crippen LogP) is 4.73. The van der Waals surface area contributed by atoms with Gasteiger partial charge >= 0.3 is 0 Å². The number of hydrogen-bond donors (Lipinski definition) is 1. The van der Waals surface area contributed by atoms with E-state index >= 15 is 0 Å². The number of fused-ring (bicyclic) bond motifs is 1. The van der Waals surface area contributed by atoms with Crippen LogP contribution in [0.5, 0.6) is 5.75 Å². The van der Waals surface area contributed by atoms with Gasteiger partial charge in [0.2, 0.25) is 5.91 Å². The number of carbonyl (C=O) groups is 2. The number of benzene rings is 2. The summed E-state index contributed by atoms with van der Waals surface area (Å²) in [6.07, 6.45) is 0.235. The van der Waals surface area contributed by atoms with Crippen molar-refractivity contribution in [3.05, 3.63) is 81.5 Å². The standard InChI is InChI=1S/C28H30ClN5O3S/c1-18-25(27(36)31-21-7-9-23(37-3)10-8-21)26(19-5-4-6-20(29)15-19)34-22(17-38-28(34)30-18)16-24(35)33-13-11-32(2)12-14-33/h4-10,15,17,26H,11-14,16H2,1-3H3,(H,31,36)/t26-/m0/s1. The van der Waals surface area contributed by atoms with Gasteiger partial charge in [0.1, 0.15) is 5.75 Å². The summed E-state index contributed by atoms with van der Waals surface area (Å²) < 4.78 is 5.23. The first kappa shape index (κ1) is 26.3. The summed E-state index contributed by atoms with van der Waals surface area (Å²) in [7, 11) is 3.67. The number of nitrogens with zero attached hydrogens (tertiary/aromatic N) is 4. The molecule has 0 saturated carbocycles. The van der Waals surface area contributed by atoms with Crippen LogP contribution >= 0.6 is 23.4 Å². The van der Waals surface area contributed by atoms with Crippen molar-refractivity contribution in [1.29, 1.82) is 0 Å². The molecule has 198 valence electrons. The summed E-state index contributed by atoms with van der Waals surface area (Å²) in [5, 5.41) is 6.30. The van der Waals surface area contributed by atoms with Gasteiger partial charge in [-0.05, 0) is 61.3 Å². The lowest BCUT2D eigenvalue weighted by atomic mass is 9.93. The van der Waals surface area contributed by atoms with Crippen molar-refractivity contribution in [2.45, 2.75) is 19.4 Å². The average Bonchev–Trinajstić information content (AvgIpc) is 3.30. The van der Waals surface area contributed by atoms with E-state index in [1.54, 1.807) is 31.4 Å². The Kier molecular flexibility index (Phi) is 7.78. The SMILES string of the molecule is COc1ccc(NC(=O)C2=C(C)N=C3SC=C(CC(=O)N4CCN(C)CC4)N3[C@H]2c2cccc(Cl)c2)cc1. The minimum atomic E-state index is -0.485. The second-order valence-corrected chi connectivity index (χ2v) is 10.8. The first-order valence-corrected chi connectivity index (χ1v) is 13.7. The number of halogens is 1. The number of nitrogens with one attached hydrogen (secondary N) is 1. The predicted molar refractivity (Wildman–Crippen MR) is 152 cm³/mol. The highest BCUT2D eigenvalue weighted by atomic mass is 35.5. The van der Waals surface area contributed by atoms with Crippen molar-refractivity contribution in [2.75, 3.05) is 45.7 Å². The second kappa shape index (κ2) is 11.2. The number of allylic oxidation sites excluding steroid dienone is 1. The lowest BCUT2D eigenvalue weighted by Gasteiger charge is -2.37. The lowest BCUT2D eigenvalue weighted by molar-refractivity contribution is -0.132. The average molecular weight is 552 g/mol. The van der Waals surface area contributed by atoms with E-state index in [4.69, 9.17) is 21.3 Å². The fourth-order valence-corrected chi connectivity index (χ4v) is 6.01. The van der Waals surface area contributed by atoms with Gasteiger partial charge in [-0.1, -0.05) is 35.5 Å². The number of methoxy groups -OCH3 is 1. The zero-order valence-electron chi connectivity index (χ0n) is 21.6. The highest BCUT2D eigenvalue weighted by molar-refractivity contribution is 8.16. The molecule has 1 N–H and O–H groups in total. The molecule has 0 aliphatic carbocycles. The van der Waals surface area contributed by atoms with E-state index in [1.165, 1.54) is 11.8 Å². The molecule has 0 unspecified atom stereocenters. The second-order valence-electron chi connectivity index (χ2n) is 9.49. The maximum Gasteiger partial charge on any atom is 0.255 e. The quantitative estimate of drug-likeness (QED) is 0.559. The van der Waals surface area contributed by atoms with Crippen LogP contribution in [0.15, 0.2) is 75.9 Å². The molecule has 2 aromatic rings. The van der Waals surface area contributed by atoms with E-state index in [9.17, 15) is 9.59 Å². The van der Waals surface area contributed by atoms with Gasteiger partial charge in [0.15, 0.2) is 5.17 Å². The molecular weight excluding hydrogens is 522 g/mol. The van der Waals surface area contributed by atoms with Crippen LogP contribution in [0.4, 0.5) is 5.69 Å².